The summed E-state index contributed by atoms with van der Waals surface area (Å²) in [5.41, 5.74) is -0.972. The molecule has 0 aliphatic carbocycles. The topological polar surface area (TPSA) is 60.2 Å². The molecule has 0 aliphatic heterocycles. The van der Waals surface area contributed by atoms with Gasteiger partial charge in [-0.2, -0.15) is 18.3 Å². The Bertz CT molecular complexity index is 838. The van der Waals surface area contributed by atoms with Crippen molar-refractivity contribution in [2.24, 2.45) is 0 Å². The maximum Gasteiger partial charge on any atom is 0.419 e. The second-order valence-electron chi connectivity index (χ2n) is 7.03. The predicted octanol–water partition coefficient (Wildman–Crippen LogP) is 4.30. The Balaban J connectivity index is 2.70. The number of alkyl halides is 3. The summed E-state index contributed by atoms with van der Waals surface area (Å²) < 4.78 is 46.8. The van der Waals surface area contributed by atoms with Crippen LogP contribution in [0.2, 0.25) is 0 Å². The van der Waals surface area contributed by atoms with Gasteiger partial charge in [0.15, 0.2) is 5.69 Å². The van der Waals surface area contributed by atoms with E-state index in [4.69, 9.17) is 4.74 Å². The van der Waals surface area contributed by atoms with Gasteiger partial charge in [-0.3, -0.25) is 0 Å². The van der Waals surface area contributed by atoms with E-state index in [-0.39, 0.29) is 18.1 Å². The Labute approximate surface area is 155 Å². The lowest BCUT2D eigenvalue weighted by molar-refractivity contribution is -0.137. The van der Waals surface area contributed by atoms with E-state index in [0.29, 0.717) is 11.4 Å². The van der Waals surface area contributed by atoms with E-state index in [9.17, 15) is 18.0 Å². The van der Waals surface area contributed by atoms with Crippen LogP contribution in [0.3, 0.4) is 0 Å². The fraction of sp³-hybridized carbons (Fsp3) is 0.500. The lowest BCUT2D eigenvalue weighted by atomic mass is 10.1. The van der Waals surface area contributed by atoms with E-state index in [0.717, 1.165) is 6.07 Å². The fourth-order valence-corrected chi connectivity index (χ4v) is 2.73. The van der Waals surface area contributed by atoms with Crippen LogP contribution >= 0.6 is 0 Å². The van der Waals surface area contributed by atoms with E-state index in [1.54, 1.807) is 13.8 Å². The van der Waals surface area contributed by atoms with Crippen molar-refractivity contribution in [2.75, 3.05) is 18.6 Å². The van der Waals surface area contributed by atoms with Crippen LogP contribution in [0.25, 0.3) is 0 Å². The highest BCUT2D eigenvalue weighted by molar-refractivity contribution is 5.91. The molecule has 0 saturated heterocycles. The van der Waals surface area contributed by atoms with Crippen LogP contribution in [-0.4, -0.2) is 34.4 Å². The van der Waals surface area contributed by atoms with Crippen LogP contribution in [0.1, 0.15) is 49.3 Å². The number of anilines is 2. The van der Waals surface area contributed by atoms with Crippen molar-refractivity contribution in [3.63, 3.8) is 0 Å². The van der Waals surface area contributed by atoms with E-state index >= 15 is 0 Å². The van der Waals surface area contributed by atoms with Crippen molar-refractivity contribution < 1.29 is 22.7 Å². The SMILES string of the molecule is CCOC(=O)c1nn(C(C)(C)C)c(N(C)c2ncccc2C(F)(F)F)c1C. The molecule has 27 heavy (non-hydrogen) atoms. The molecule has 2 heterocycles. The fourth-order valence-electron chi connectivity index (χ4n) is 2.73. The molecular weight excluding hydrogens is 361 g/mol. The molecule has 2 rings (SSSR count). The molecule has 0 fully saturated rings. The second kappa shape index (κ2) is 7.21. The third-order valence-electron chi connectivity index (χ3n) is 3.92. The number of hydrogen-bond donors (Lipinski definition) is 0. The van der Waals surface area contributed by atoms with Gasteiger partial charge in [-0.15, -0.1) is 0 Å². The van der Waals surface area contributed by atoms with Gasteiger partial charge in [-0.05, 0) is 46.8 Å². The van der Waals surface area contributed by atoms with Gasteiger partial charge >= 0.3 is 12.1 Å². The van der Waals surface area contributed by atoms with Gasteiger partial charge in [0.1, 0.15) is 11.6 Å². The minimum atomic E-state index is -4.57. The molecule has 0 aliphatic rings. The van der Waals surface area contributed by atoms with Crippen LogP contribution in [0.15, 0.2) is 18.3 Å². The number of aromatic nitrogens is 3. The Morgan fingerprint density at radius 1 is 1.30 bits per heavy atom. The average molecular weight is 384 g/mol. The third-order valence-corrected chi connectivity index (χ3v) is 3.92. The van der Waals surface area contributed by atoms with E-state index in [2.05, 4.69) is 10.1 Å². The van der Waals surface area contributed by atoms with Crippen LogP contribution in [0, 0.1) is 6.92 Å². The molecule has 2 aromatic heterocycles. The van der Waals surface area contributed by atoms with Gasteiger partial charge in [0, 0.05) is 18.8 Å². The number of carbonyl (C=O) groups excluding carboxylic acids is 1. The Kier molecular flexibility index (Phi) is 5.53. The molecule has 0 N–H and O–H groups in total. The minimum absolute atomic E-state index is 0.0677. The zero-order chi connectivity index (χ0) is 20.6. The van der Waals surface area contributed by atoms with Gasteiger partial charge in [0.05, 0.1) is 17.7 Å². The van der Waals surface area contributed by atoms with Crippen molar-refractivity contribution in [3.8, 4) is 0 Å². The average Bonchev–Trinajstić information content (AvgIpc) is 2.91. The standard InChI is InChI=1S/C18H23F3N4O2/c1-7-27-16(26)13-11(2)15(25(23-13)17(3,4)5)24(6)14-12(18(19,20)21)9-8-10-22-14/h8-10H,7H2,1-6H3. The molecule has 0 radical (unpaired) electrons. The number of ether oxygens (including phenoxy) is 1. The number of halogens is 3. The number of carbonyl (C=O) groups is 1. The number of nitrogens with zero attached hydrogens (tertiary/aromatic N) is 4. The Morgan fingerprint density at radius 3 is 2.44 bits per heavy atom. The lowest BCUT2D eigenvalue weighted by Gasteiger charge is -2.28. The third kappa shape index (κ3) is 4.06. The molecule has 0 spiro atoms. The predicted molar refractivity (Wildman–Crippen MR) is 95.2 cm³/mol. The largest absolute Gasteiger partial charge is 0.461 e. The van der Waals surface area contributed by atoms with Crippen molar-refractivity contribution in [3.05, 3.63) is 35.2 Å². The molecule has 0 atom stereocenters. The molecule has 0 bridgehead atoms. The normalized spacial score (nSPS) is 12.2. The highest BCUT2D eigenvalue weighted by Gasteiger charge is 2.37. The smallest absolute Gasteiger partial charge is 0.419 e. The lowest BCUT2D eigenvalue weighted by Crippen LogP contribution is -2.29. The van der Waals surface area contributed by atoms with Crippen molar-refractivity contribution in [1.82, 2.24) is 14.8 Å². The Hall–Kier alpha value is -2.58. The first-order valence-corrected chi connectivity index (χ1v) is 8.42. The zero-order valence-corrected chi connectivity index (χ0v) is 16.2. The highest BCUT2D eigenvalue weighted by atomic mass is 19.4. The van der Waals surface area contributed by atoms with E-state index in [1.165, 1.54) is 28.9 Å². The van der Waals surface area contributed by atoms with Crippen molar-refractivity contribution >= 4 is 17.6 Å². The summed E-state index contributed by atoms with van der Waals surface area (Å²) >= 11 is 0. The molecule has 2 aromatic rings. The summed E-state index contributed by atoms with van der Waals surface area (Å²) in [4.78, 5) is 17.5. The van der Waals surface area contributed by atoms with Gasteiger partial charge in [-0.1, -0.05) is 0 Å². The van der Waals surface area contributed by atoms with Gasteiger partial charge in [0.2, 0.25) is 0 Å². The number of pyridine rings is 1. The van der Waals surface area contributed by atoms with Gasteiger partial charge in [0.25, 0.3) is 0 Å². The van der Waals surface area contributed by atoms with Gasteiger partial charge < -0.3 is 9.64 Å². The minimum Gasteiger partial charge on any atom is -0.461 e. The monoisotopic (exact) mass is 384 g/mol. The molecular formula is C18H23F3N4O2. The molecule has 9 heteroatoms. The summed E-state index contributed by atoms with van der Waals surface area (Å²) in [5, 5.41) is 4.33. The number of rotatable bonds is 4. The first-order valence-electron chi connectivity index (χ1n) is 8.42. The summed E-state index contributed by atoms with van der Waals surface area (Å²) in [5.74, 6) is -0.548. The first kappa shape index (κ1) is 20.7. The number of hydrogen-bond acceptors (Lipinski definition) is 5. The Morgan fingerprint density at radius 2 is 1.93 bits per heavy atom. The molecule has 0 saturated carbocycles. The van der Waals surface area contributed by atoms with Crippen LogP contribution in [-0.2, 0) is 16.5 Å². The molecule has 0 unspecified atom stereocenters. The maximum absolute atomic E-state index is 13.4. The molecule has 0 aromatic carbocycles. The highest BCUT2D eigenvalue weighted by Crippen LogP contribution is 2.39. The molecule has 6 nitrogen and oxygen atoms in total. The summed E-state index contributed by atoms with van der Waals surface area (Å²) in [6, 6.07) is 2.20. The van der Waals surface area contributed by atoms with Crippen LogP contribution in [0.4, 0.5) is 24.8 Å². The maximum atomic E-state index is 13.4. The van der Waals surface area contributed by atoms with Crippen molar-refractivity contribution in [2.45, 2.75) is 46.3 Å². The van der Waals surface area contributed by atoms with Crippen LogP contribution < -0.4 is 4.90 Å². The summed E-state index contributed by atoms with van der Waals surface area (Å²) in [7, 11) is 1.47. The van der Waals surface area contributed by atoms with E-state index < -0.39 is 23.2 Å². The van der Waals surface area contributed by atoms with Gasteiger partial charge in [-0.25, -0.2) is 14.5 Å². The quantitative estimate of drug-likeness (QED) is 0.736. The molecule has 148 valence electrons. The number of esters is 1. The first-order chi connectivity index (χ1) is 12.4. The molecule has 0 amide bonds. The van der Waals surface area contributed by atoms with Crippen LogP contribution in [0.5, 0.6) is 0 Å². The summed E-state index contributed by atoms with van der Waals surface area (Å²) in [6.07, 6.45) is -3.28. The van der Waals surface area contributed by atoms with E-state index in [1.807, 2.05) is 20.8 Å². The second-order valence-corrected chi connectivity index (χ2v) is 7.03. The zero-order valence-electron chi connectivity index (χ0n) is 16.2. The van der Waals surface area contributed by atoms with Crippen molar-refractivity contribution in [1.29, 1.82) is 0 Å². The summed E-state index contributed by atoms with van der Waals surface area (Å²) in [6.45, 7) is 9.00.